The van der Waals surface area contributed by atoms with E-state index in [0.29, 0.717) is 6.61 Å². The highest BCUT2D eigenvalue weighted by atomic mass is 28.4. The SMILES string of the molecule is CCCC#CC(CCc1ccccc1)O/C=C/CO[Si](C)(C)C(C)(C)C. The Morgan fingerprint density at radius 3 is 2.46 bits per heavy atom. The van der Waals surface area contributed by atoms with Gasteiger partial charge in [-0.15, -0.1) is 0 Å². The van der Waals surface area contributed by atoms with Crippen LogP contribution < -0.4 is 0 Å². The summed E-state index contributed by atoms with van der Waals surface area (Å²) in [5.74, 6) is 6.49. The molecule has 0 aliphatic carbocycles. The van der Waals surface area contributed by atoms with E-state index in [0.717, 1.165) is 25.7 Å². The average Bonchev–Trinajstić information content (AvgIpc) is 2.58. The molecule has 0 bridgehead atoms. The Bertz CT molecular complexity index is 588. The molecule has 0 aliphatic heterocycles. The van der Waals surface area contributed by atoms with Crippen LogP contribution in [0.2, 0.25) is 18.1 Å². The molecule has 0 radical (unpaired) electrons. The van der Waals surface area contributed by atoms with Gasteiger partial charge in [0.1, 0.15) is 0 Å². The van der Waals surface area contributed by atoms with Crippen LogP contribution in [-0.2, 0) is 15.6 Å². The first kappa shape index (κ1) is 22.5. The zero-order chi connectivity index (χ0) is 19.5. The molecular formula is C23H36O2Si. The lowest BCUT2D eigenvalue weighted by Gasteiger charge is -2.35. The third-order valence-electron chi connectivity index (χ3n) is 4.86. The molecule has 0 saturated heterocycles. The van der Waals surface area contributed by atoms with Crippen molar-refractivity contribution < 1.29 is 9.16 Å². The van der Waals surface area contributed by atoms with Gasteiger partial charge in [-0.2, -0.15) is 0 Å². The molecule has 0 amide bonds. The second kappa shape index (κ2) is 11.3. The number of benzene rings is 1. The lowest BCUT2D eigenvalue weighted by atomic mass is 10.1. The number of hydrogen-bond donors (Lipinski definition) is 0. The van der Waals surface area contributed by atoms with Crippen molar-refractivity contribution in [3.63, 3.8) is 0 Å². The van der Waals surface area contributed by atoms with E-state index < -0.39 is 8.32 Å². The van der Waals surface area contributed by atoms with Crippen LogP contribution in [0.15, 0.2) is 42.7 Å². The van der Waals surface area contributed by atoms with Crippen molar-refractivity contribution in [2.24, 2.45) is 0 Å². The molecule has 1 atom stereocenters. The van der Waals surface area contributed by atoms with E-state index >= 15 is 0 Å². The number of aryl methyl sites for hydroxylation is 1. The Labute approximate surface area is 162 Å². The van der Waals surface area contributed by atoms with Gasteiger partial charge in [0.15, 0.2) is 14.4 Å². The molecule has 1 rings (SSSR count). The smallest absolute Gasteiger partial charge is 0.192 e. The number of ether oxygens (including phenoxy) is 1. The monoisotopic (exact) mass is 372 g/mol. The Morgan fingerprint density at radius 2 is 1.85 bits per heavy atom. The van der Waals surface area contributed by atoms with Gasteiger partial charge in [0.05, 0.1) is 12.9 Å². The van der Waals surface area contributed by atoms with Crippen molar-refractivity contribution in [2.75, 3.05) is 6.61 Å². The fraction of sp³-hybridized carbons (Fsp3) is 0.565. The van der Waals surface area contributed by atoms with Gasteiger partial charge in [0.25, 0.3) is 0 Å². The first-order valence-electron chi connectivity index (χ1n) is 9.73. The molecule has 0 spiro atoms. The summed E-state index contributed by atoms with van der Waals surface area (Å²) < 4.78 is 12.0. The van der Waals surface area contributed by atoms with Crippen molar-refractivity contribution >= 4 is 8.32 Å². The van der Waals surface area contributed by atoms with E-state index in [4.69, 9.17) is 9.16 Å². The van der Waals surface area contributed by atoms with Crippen molar-refractivity contribution in [2.45, 2.75) is 77.6 Å². The molecule has 2 nitrogen and oxygen atoms in total. The first-order chi connectivity index (χ1) is 12.3. The highest BCUT2D eigenvalue weighted by Gasteiger charge is 2.36. The lowest BCUT2D eigenvalue weighted by molar-refractivity contribution is 0.183. The molecule has 1 aromatic rings. The van der Waals surface area contributed by atoms with Crippen LogP contribution in [0.5, 0.6) is 0 Å². The van der Waals surface area contributed by atoms with Gasteiger partial charge >= 0.3 is 0 Å². The Hall–Kier alpha value is -1.50. The molecular weight excluding hydrogens is 336 g/mol. The fourth-order valence-corrected chi connectivity index (χ4v) is 3.04. The minimum atomic E-state index is -1.70. The van der Waals surface area contributed by atoms with Gasteiger partial charge in [0, 0.05) is 6.42 Å². The zero-order valence-corrected chi connectivity index (χ0v) is 18.5. The fourth-order valence-electron chi connectivity index (χ4n) is 2.09. The van der Waals surface area contributed by atoms with E-state index in [2.05, 4.69) is 76.9 Å². The second-order valence-electron chi connectivity index (χ2n) is 8.16. The highest BCUT2D eigenvalue weighted by molar-refractivity contribution is 6.74. The van der Waals surface area contributed by atoms with E-state index in [9.17, 15) is 0 Å². The zero-order valence-electron chi connectivity index (χ0n) is 17.5. The quantitative estimate of drug-likeness (QED) is 0.286. The topological polar surface area (TPSA) is 18.5 Å². The third kappa shape index (κ3) is 8.74. The van der Waals surface area contributed by atoms with Crippen LogP contribution in [0.25, 0.3) is 0 Å². The van der Waals surface area contributed by atoms with Gasteiger partial charge in [-0.25, -0.2) is 0 Å². The van der Waals surface area contributed by atoms with E-state index in [1.807, 2.05) is 12.1 Å². The van der Waals surface area contributed by atoms with Crippen molar-refractivity contribution in [1.82, 2.24) is 0 Å². The summed E-state index contributed by atoms with van der Waals surface area (Å²) in [6.45, 7) is 14.0. The third-order valence-corrected chi connectivity index (χ3v) is 9.36. The predicted molar refractivity (Wildman–Crippen MR) is 115 cm³/mol. The maximum atomic E-state index is 6.14. The Kier molecular flexibility index (Phi) is 9.76. The van der Waals surface area contributed by atoms with Gasteiger partial charge in [-0.05, 0) is 49.0 Å². The molecule has 144 valence electrons. The largest absolute Gasteiger partial charge is 0.486 e. The van der Waals surface area contributed by atoms with Crippen LogP contribution in [0.3, 0.4) is 0 Å². The van der Waals surface area contributed by atoms with Gasteiger partial charge in [-0.1, -0.05) is 69.9 Å². The second-order valence-corrected chi connectivity index (χ2v) is 13.0. The van der Waals surface area contributed by atoms with Gasteiger partial charge in [0.2, 0.25) is 0 Å². The van der Waals surface area contributed by atoms with Crippen LogP contribution in [0, 0.1) is 11.8 Å². The van der Waals surface area contributed by atoms with Crippen LogP contribution >= 0.6 is 0 Å². The number of hydrogen-bond acceptors (Lipinski definition) is 2. The summed E-state index contributed by atoms with van der Waals surface area (Å²) in [6.07, 6.45) is 7.54. The summed E-state index contributed by atoms with van der Waals surface area (Å²) in [4.78, 5) is 0. The average molecular weight is 373 g/mol. The van der Waals surface area contributed by atoms with E-state index in [-0.39, 0.29) is 11.1 Å². The Morgan fingerprint density at radius 1 is 1.15 bits per heavy atom. The normalized spacial score (nSPS) is 13.3. The van der Waals surface area contributed by atoms with Gasteiger partial charge < -0.3 is 9.16 Å². The molecule has 0 heterocycles. The molecule has 26 heavy (non-hydrogen) atoms. The van der Waals surface area contributed by atoms with Crippen molar-refractivity contribution in [3.8, 4) is 11.8 Å². The molecule has 0 saturated carbocycles. The summed E-state index contributed by atoms with van der Waals surface area (Å²) in [5, 5.41) is 0.228. The minimum absolute atomic E-state index is 0.0640. The summed E-state index contributed by atoms with van der Waals surface area (Å²) in [6, 6.07) is 10.5. The molecule has 3 heteroatoms. The maximum absolute atomic E-state index is 6.14. The van der Waals surface area contributed by atoms with E-state index in [1.54, 1.807) is 6.26 Å². The predicted octanol–water partition coefficient (Wildman–Crippen LogP) is 6.34. The van der Waals surface area contributed by atoms with Crippen LogP contribution in [0.4, 0.5) is 0 Å². The van der Waals surface area contributed by atoms with Crippen molar-refractivity contribution in [1.29, 1.82) is 0 Å². The van der Waals surface area contributed by atoms with Crippen LogP contribution in [0.1, 0.15) is 52.5 Å². The molecule has 1 unspecified atom stereocenters. The summed E-state index contributed by atoms with van der Waals surface area (Å²) in [7, 11) is -1.70. The Balaban J connectivity index is 2.51. The lowest BCUT2D eigenvalue weighted by Crippen LogP contribution is -2.40. The number of unbranched alkanes of at least 4 members (excludes halogenated alkanes) is 1. The summed E-state index contributed by atoms with van der Waals surface area (Å²) >= 11 is 0. The number of rotatable bonds is 9. The molecule has 0 aromatic heterocycles. The van der Waals surface area contributed by atoms with Crippen LogP contribution in [-0.4, -0.2) is 21.0 Å². The molecule has 0 aliphatic rings. The molecule has 0 N–H and O–H groups in total. The van der Waals surface area contributed by atoms with E-state index in [1.165, 1.54) is 5.56 Å². The minimum Gasteiger partial charge on any atom is -0.486 e. The first-order valence-corrected chi connectivity index (χ1v) is 12.6. The molecule has 1 aromatic carbocycles. The standard InChI is InChI=1S/C23H36O2Si/c1-7-8-10-16-22(18-17-21-14-11-9-12-15-21)24-19-13-20-25-26(5,6)23(2,3)4/h9,11-15,19,22H,7-8,17-18,20H2,1-6H3/b19-13+. The van der Waals surface area contributed by atoms with Crippen molar-refractivity contribution in [3.05, 3.63) is 48.2 Å². The summed E-state index contributed by atoms with van der Waals surface area (Å²) in [5.41, 5.74) is 1.32. The maximum Gasteiger partial charge on any atom is 0.192 e. The highest BCUT2D eigenvalue weighted by Crippen LogP contribution is 2.36. The molecule has 0 fully saturated rings. The van der Waals surface area contributed by atoms with Gasteiger partial charge in [-0.3, -0.25) is 0 Å².